The van der Waals surface area contributed by atoms with Crippen molar-refractivity contribution in [2.75, 3.05) is 6.61 Å². The van der Waals surface area contributed by atoms with Crippen LogP contribution >= 0.6 is 0 Å². The van der Waals surface area contributed by atoms with Crippen molar-refractivity contribution in [2.45, 2.75) is 19.8 Å². The molecule has 2 heteroatoms. The van der Waals surface area contributed by atoms with Crippen LogP contribution in [-0.4, -0.2) is 6.61 Å². The molecule has 2 rings (SSSR count). The number of furan rings is 2. The van der Waals surface area contributed by atoms with Gasteiger partial charge >= 0.3 is 0 Å². The van der Waals surface area contributed by atoms with Gasteiger partial charge in [-0.2, -0.15) is 0 Å². The zero-order valence-electron chi connectivity index (χ0n) is 7.17. The van der Waals surface area contributed by atoms with Gasteiger partial charge in [-0.05, 0) is 18.6 Å². The first-order chi connectivity index (χ1) is 5.90. The van der Waals surface area contributed by atoms with Gasteiger partial charge in [-0.15, -0.1) is 0 Å². The molecular weight excluding hydrogens is 152 g/mol. The molecule has 0 atom stereocenters. The van der Waals surface area contributed by atoms with Crippen molar-refractivity contribution in [3.05, 3.63) is 18.2 Å². The molecule has 0 aliphatic heterocycles. The average Bonchev–Trinajstić information content (AvgIpc) is 2.65. The molecule has 0 unspecified atom stereocenters. The molecular formula is C10H12O2. The Morgan fingerprint density at radius 1 is 1.42 bits per heavy atom. The zero-order chi connectivity index (χ0) is 8.39. The Morgan fingerprint density at radius 2 is 2.33 bits per heavy atom. The third-order valence-electron chi connectivity index (χ3n) is 1.90. The maximum absolute atomic E-state index is 5.50. The Kier molecular flexibility index (Phi) is 1.90. The summed E-state index contributed by atoms with van der Waals surface area (Å²) in [4.78, 5) is 0. The van der Waals surface area contributed by atoms with Crippen LogP contribution in [0.25, 0.3) is 11.2 Å². The topological polar surface area (TPSA) is 22.4 Å². The number of hydrogen-bond donors (Lipinski definition) is 0. The molecule has 2 bridgehead atoms. The van der Waals surface area contributed by atoms with E-state index in [4.69, 9.17) is 9.15 Å². The van der Waals surface area contributed by atoms with Gasteiger partial charge in [0.15, 0.2) is 11.3 Å². The molecule has 64 valence electrons. The first kappa shape index (κ1) is 7.47. The second-order valence-electron chi connectivity index (χ2n) is 2.91. The molecule has 12 heavy (non-hydrogen) atoms. The predicted octanol–water partition coefficient (Wildman–Crippen LogP) is 3.05. The monoisotopic (exact) mass is 164 g/mol. The van der Waals surface area contributed by atoms with E-state index in [-0.39, 0.29) is 0 Å². The van der Waals surface area contributed by atoms with Crippen LogP contribution in [0.2, 0.25) is 0 Å². The Hall–Kier alpha value is -1.18. The summed E-state index contributed by atoms with van der Waals surface area (Å²) in [6.07, 6.45) is 2.26. The maximum Gasteiger partial charge on any atom is 0.169 e. The minimum Gasteiger partial charge on any atom is -0.490 e. The van der Waals surface area contributed by atoms with Crippen molar-refractivity contribution in [3.8, 4) is 5.75 Å². The summed E-state index contributed by atoms with van der Waals surface area (Å²) in [5.41, 5.74) is 1.76. The van der Waals surface area contributed by atoms with Crippen LogP contribution in [0.1, 0.15) is 19.8 Å². The van der Waals surface area contributed by atoms with Crippen LogP contribution in [0.3, 0.4) is 0 Å². The molecule has 0 aromatic carbocycles. The highest BCUT2D eigenvalue weighted by Crippen LogP contribution is 2.28. The van der Waals surface area contributed by atoms with Crippen molar-refractivity contribution >= 4 is 11.2 Å². The lowest BCUT2D eigenvalue weighted by molar-refractivity contribution is 0.311. The van der Waals surface area contributed by atoms with Gasteiger partial charge in [0.25, 0.3) is 0 Å². The van der Waals surface area contributed by atoms with E-state index in [2.05, 4.69) is 6.92 Å². The van der Waals surface area contributed by atoms with Crippen molar-refractivity contribution in [1.29, 1.82) is 0 Å². The summed E-state index contributed by atoms with van der Waals surface area (Å²) in [5, 5.41) is 0. The number of hydrogen-bond acceptors (Lipinski definition) is 2. The summed E-state index contributed by atoms with van der Waals surface area (Å²) >= 11 is 0. The first-order valence-corrected chi connectivity index (χ1v) is 4.35. The maximum atomic E-state index is 5.50. The number of rotatable bonds is 4. The largest absolute Gasteiger partial charge is 0.490 e. The van der Waals surface area contributed by atoms with Gasteiger partial charge in [-0.3, -0.25) is 0 Å². The fraction of sp³-hybridized carbons (Fsp3) is 0.400. The Balaban J connectivity index is 1.99. The van der Waals surface area contributed by atoms with Crippen LogP contribution in [0.4, 0.5) is 0 Å². The number of unbranched alkanes of at least 4 members (excludes halogenated alkanes) is 1. The van der Waals surface area contributed by atoms with Crippen LogP contribution in [-0.2, 0) is 0 Å². The fourth-order valence-electron chi connectivity index (χ4n) is 1.20. The molecule has 0 fully saturated rings. The minimum absolute atomic E-state index is 0.788. The summed E-state index contributed by atoms with van der Waals surface area (Å²) in [6.45, 7) is 2.94. The predicted molar refractivity (Wildman–Crippen MR) is 47.8 cm³/mol. The molecule has 0 N–H and O–H groups in total. The van der Waals surface area contributed by atoms with E-state index in [0.717, 1.165) is 36.4 Å². The van der Waals surface area contributed by atoms with E-state index in [1.807, 2.05) is 18.2 Å². The highest BCUT2D eigenvalue weighted by atomic mass is 16.5. The van der Waals surface area contributed by atoms with Crippen LogP contribution in [0.5, 0.6) is 5.75 Å². The van der Waals surface area contributed by atoms with E-state index in [9.17, 15) is 0 Å². The second kappa shape index (κ2) is 3.05. The fourth-order valence-corrected chi connectivity index (χ4v) is 1.20. The molecule has 0 aliphatic carbocycles. The van der Waals surface area contributed by atoms with E-state index >= 15 is 0 Å². The molecule has 0 saturated heterocycles. The van der Waals surface area contributed by atoms with Crippen molar-refractivity contribution in [1.82, 2.24) is 0 Å². The first-order valence-electron chi connectivity index (χ1n) is 4.35. The Morgan fingerprint density at radius 3 is 2.92 bits per heavy atom. The summed E-state index contributed by atoms with van der Waals surface area (Å²) in [5.74, 6) is 0.890. The summed E-state index contributed by atoms with van der Waals surface area (Å²) in [6, 6.07) is 5.82. The smallest absolute Gasteiger partial charge is 0.169 e. The van der Waals surface area contributed by atoms with E-state index in [1.54, 1.807) is 0 Å². The van der Waals surface area contributed by atoms with E-state index in [1.165, 1.54) is 0 Å². The van der Waals surface area contributed by atoms with Gasteiger partial charge in [0.05, 0.1) is 6.61 Å². The highest BCUT2D eigenvalue weighted by molar-refractivity contribution is 5.69. The lowest BCUT2D eigenvalue weighted by Crippen LogP contribution is -1.95. The van der Waals surface area contributed by atoms with Gasteiger partial charge in [-0.25, -0.2) is 0 Å². The zero-order valence-corrected chi connectivity index (χ0v) is 7.17. The number of ether oxygens (including phenoxy) is 1. The molecule has 2 aromatic heterocycles. The third kappa shape index (κ3) is 1.24. The highest BCUT2D eigenvalue weighted by Gasteiger charge is 2.06. The van der Waals surface area contributed by atoms with Gasteiger partial charge in [-0.1, -0.05) is 13.3 Å². The third-order valence-corrected chi connectivity index (χ3v) is 1.90. The van der Waals surface area contributed by atoms with Gasteiger partial charge < -0.3 is 9.15 Å². The van der Waals surface area contributed by atoms with Crippen molar-refractivity contribution in [3.63, 3.8) is 0 Å². The standard InChI is InChI=1S/C10H12O2/c1-2-3-6-11-10-7-8-4-5-9(10)12-8/h4-5,7H,2-3,6H2,1H3. The molecule has 0 amide bonds. The minimum atomic E-state index is 0.788. The van der Waals surface area contributed by atoms with E-state index < -0.39 is 0 Å². The lowest BCUT2D eigenvalue weighted by atomic mass is 10.3. The number of benzene rings is 1. The Bertz CT molecular complexity index is 337. The van der Waals surface area contributed by atoms with Crippen molar-refractivity contribution in [2.24, 2.45) is 0 Å². The van der Waals surface area contributed by atoms with Crippen molar-refractivity contribution < 1.29 is 9.15 Å². The molecule has 0 spiro atoms. The molecule has 0 saturated carbocycles. The molecule has 0 aliphatic rings. The van der Waals surface area contributed by atoms with Gasteiger partial charge in [0.2, 0.25) is 0 Å². The molecule has 2 heterocycles. The van der Waals surface area contributed by atoms with Gasteiger partial charge in [0, 0.05) is 6.07 Å². The lowest BCUT2D eigenvalue weighted by Gasteiger charge is -2.01. The van der Waals surface area contributed by atoms with Crippen LogP contribution in [0, 0.1) is 0 Å². The average molecular weight is 164 g/mol. The Labute approximate surface area is 71.5 Å². The van der Waals surface area contributed by atoms with E-state index in [0.29, 0.717) is 0 Å². The molecule has 0 radical (unpaired) electrons. The number of fused-ring (bicyclic) bond motifs is 2. The summed E-state index contributed by atoms with van der Waals surface area (Å²) in [7, 11) is 0. The molecule has 2 nitrogen and oxygen atoms in total. The van der Waals surface area contributed by atoms with Gasteiger partial charge in [0.1, 0.15) is 5.58 Å². The summed E-state index contributed by atoms with van der Waals surface area (Å²) < 4.78 is 10.8. The normalized spacial score (nSPS) is 11.1. The van der Waals surface area contributed by atoms with Crippen LogP contribution < -0.4 is 4.74 Å². The quantitative estimate of drug-likeness (QED) is 0.648. The second-order valence-corrected chi connectivity index (χ2v) is 2.91. The molecule has 2 aromatic rings. The SMILES string of the molecule is CCCCOc1cc2ccc1o2. The van der Waals surface area contributed by atoms with Crippen LogP contribution in [0.15, 0.2) is 22.6 Å².